The van der Waals surface area contributed by atoms with Gasteiger partial charge in [-0.1, -0.05) is 48.5 Å². The Labute approximate surface area is 199 Å². The minimum absolute atomic E-state index is 0.00595. The van der Waals surface area contributed by atoms with E-state index >= 15 is 0 Å². The lowest BCUT2D eigenvalue weighted by Gasteiger charge is -2.29. The van der Waals surface area contributed by atoms with Gasteiger partial charge in [0.2, 0.25) is 5.91 Å². The molecule has 7 nitrogen and oxygen atoms in total. The van der Waals surface area contributed by atoms with Crippen LogP contribution in [0.25, 0.3) is 11.1 Å². The molecule has 3 N–H and O–H groups in total. The van der Waals surface area contributed by atoms with Crippen molar-refractivity contribution in [3.05, 3.63) is 59.7 Å². The second kappa shape index (κ2) is 9.87. The fraction of sp³-hybridized carbons (Fsp3) is 0.444. The van der Waals surface area contributed by atoms with Gasteiger partial charge in [0.05, 0.1) is 12.0 Å². The number of hydrogen-bond donors (Lipinski definition) is 3. The maximum Gasteiger partial charge on any atom is 0.407 e. The molecule has 0 radical (unpaired) electrons. The largest absolute Gasteiger partial charge is 0.481 e. The number of aliphatic carboxylic acids is 1. The minimum atomic E-state index is -0.917. The van der Waals surface area contributed by atoms with Crippen molar-refractivity contribution in [2.75, 3.05) is 6.61 Å². The van der Waals surface area contributed by atoms with Crippen LogP contribution in [0, 0.1) is 5.92 Å². The highest BCUT2D eigenvalue weighted by Crippen LogP contribution is 2.44. The molecule has 2 amide bonds. The Kier molecular flexibility index (Phi) is 6.91. The summed E-state index contributed by atoms with van der Waals surface area (Å²) >= 11 is 0. The normalized spacial score (nSPS) is 17.1. The van der Waals surface area contributed by atoms with Crippen molar-refractivity contribution in [3.63, 3.8) is 0 Å². The summed E-state index contributed by atoms with van der Waals surface area (Å²) in [6.07, 6.45) is 1.91. The maximum atomic E-state index is 12.4. The number of alkyl carbamates (subject to hydrolysis) is 1. The second-order valence-electron chi connectivity index (χ2n) is 9.72. The highest BCUT2D eigenvalue weighted by molar-refractivity contribution is 5.79. The number of ether oxygens (including phenoxy) is 1. The lowest BCUT2D eigenvalue weighted by Crippen LogP contribution is -2.49. The van der Waals surface area contributed by atoms with Gasteiger partial charge in [-0.05, 0) is 61.3 Å². The van der Waals surface area contributed by atoms with Crippen LogP contribution in [-0.4, -0.2) is 41.3 Å². The molecule has 2 atom stereocenters. The quantitative estimate of drug-likeness (QED) is 0.482. The molecule has 7 heteroatoms. The van der Waals surface area contributed by atoms with Crippen LogP contribution >= 0.6 is 0 Å². The van der Waals surface area contributed by atoms with Crippen LogP contribution in [0.5, 0.6) is 0 Å². The topological polar surface area (TPSA) is 105 Å². The van der Waals surface area contributed by atoms with E-state index in [4.69, 9.17) is 4.74 Å². The molecule has 0 aromatic heterocycles. The maximum absolute atomic E-state index is 12.4. The van der Waals surface area contributed by atoms with Crippen LogP contribution in [0.15, 0.2) is 48.5 Å². The zero-order chi connectivity index (χ0) is 24.3. The summed E-state index contributed by atoms with van der Waals surface area (Å²) in [5.41, 5.74) is 3.94. The van der Waals surface area contributed by atoms with E-state index in [0.717, 1.165) is 24.0 Å². The van der Waals surface area contributed by atoms with Crippen molar-refractivity contribution >= 4 is 18.0 Å². The average molecular weight is 465 g/mol. The van der Waals surface area contributed by atoms with Gasteiger partial charge in [-0.3, -0.25) is 9.59 Å². The number of carboxylic acid groups (broad SMARTS) is 1. The van der Waals surface area contributed by atoms with E-state index in [9.17, 15) is 19.5 Å². The molecule has 0 saturated heterocycles. The molecular weight excluding hydrogens is 432 g/mol. The van der Waals surface area contributed by atoms with Crippen LogP contribution < -0.4 is 10.6 Å². The summed E-state index contributed by atoms with van der Waals surface area (Å²) < 4.78 is 5.57. The van der Waals surface area contributed by atoms with Gasteiger partial charge in [0.1, 0.15) is 6.61 Å². The molecule has 2 aliphatic carbocycles. The van der Waals surface area contributed by atoms with Gasteiger partial charge < -0.3 is 20.5 Å². The van der Waals surface area contributed by atoms with Crippen molar-refractivity contribution < 1.29 is 24.2 Å². The van der Waals surface area contributed by atoms with E-state index < -0.39 is 17.6 Å². The Morgan fingerprint density at radius 1 is 1.06 bits per heavy atom. The molecule has 1 saturated carbocycles. The molecule has 0 aliphatic heterocycles. The summed E-state index contributed by atoms with van der Waals surface area (Å²) in [4.78, 5) is 36.1. The molecule has 2 aromatic rings. The predicted octanol–water partition coefficient (Wildman–Crippen LogP) is 4.45. The molecule has 4 rings (SSSR count). The third-order valence-electron chi connectivity index (χ3n) is 6.93. The smallest absolute Gasteiger partial charge is 0.407 e. The SMILES string of the molecule is CC(CCC(=O)NC(C)(CC(=O)O)C1CC1)NC(=O)OCC1c2ccccc2-c2ccccc21. The van der Waals surface area contributed by atoms with E-state index in [2.05, 4.69) is 34.9 Å². The van der Waals surface area contributed by atoms with E-state index in [1.807, 2.05) is 31.2 Å². The monoisotopic (exact) mass is 464 g/mol. The third kappa shape index (κ3) is 5.41. The van der Waals surface area contributed by atoms with Crippen molar-refractivity contribution in [3.8, 4) is 11.1 Å². The summed E-state index contributed by atoms with van der Waals surface area (Å²) in [5, 5.41) is 14.9. The number of hydrogen-bond acceptors (Lipinski definition) is 4. The molecule has 0 spiro atoms. The number of nitrogens with one attached hydrogen (secondary N) is 2. The summed E-state index contributed by atoms with van der Waals surface area (Å²) in [7, 11) is 0. The second-order valence-corrected chi connectivity index (χ2v) is 9.72. The molecular formula is C27H32N2O5. The van der Waals surface area contributed by atoms with Crippen molar-refractivity contribution in [1.82, 2.24) is 10.6 Å². The van der Waals surface area contributed by atoms with Gasteiger partial charge in [-0.2, -0.15) is 0 Å². The number of carbonyl (C=O) groups is 3. The van der Waals surface area contributed by atoms with Gasteiger partial charge in [0.15, 0.2) is 0 Å². The van der Waals surface area contributed by atoms with Crippen LogP contribution in [-0.2, 0) is 14.3 Å². The van der Waals surface area contributed by atoms with Gasteiger partial charge in [0.25, 0.3) is 0 Å². The van der Waals surface area contributed by atoms with Crippen LogP contribution in [0.4, 0.5) is 4.79 Å². The number of carbonyl (C=O) groups excluding carboxylic acids is 2. The number of fused-ring (bicyclic) bond motifs is 3. The Balaban J connectivity index is 1.25. The van der Waals surface area contributed by atoms with Gasteiger partial charge in [0, 0.05) is 18.4 Å². The van der Waals surface area contributed by atoms with E-state index in [0.29, 0.717) is 6.42 Å². The van der Waals surface area contributed by atoms with Gasteiger partial charge in [-0.15, -0.1) is 0 Å². The first-order chi connectivity index (χ1) is 16.3. The number of amides is 2. The average Bonchev–Trinajstić information content (AvgIpc) is 3.60. The predicted molar refractivity (Wildman–Crippen MR) is 128 cm³/mol. The highest BCUT2D eigenvalue weighted by atomic mass is 16.5. The number of rotatable bonds is 10. The zero-order valence-electron chi connectivity index (χ0n) is 19.7. The van der Waals surface area contributed by atoms with Crippen molar-refractivity contribution in [2.24, 2.45) is 5.92 Å². The Morgan fingerprint density at radius 2 is 1.65 bits per heavy atom. The Morgan fingerprint density at radius 3 is 2.21 bits per heavy atom. The molecule has 180 valence electrons. The third-order valence-corrected chi connectivity index (χ3v) is 6.93. The van der Waals surface area contributed by atoms with Crippen molar-refractivity contribution in [2.45, 2.75) is 63.5 Å². The minimum Gasteiger partial charge on any atom is -0.481 e. The van der Waals surface area contributed by atoms with Gasteiger partial charge >= 0.3 is 12.1 Å². The summed E-state index contributed by atoms with van der Waals surface area (Å²) in [6.45, 7) is 3.86. The molecule has 2 aromatic carbocycles. The fourth-order valence-corrected chi connectivity index (χ4v) is 4.97. The van der Waals surface area contributed by atoms with E-state index in [1.54, 1.807) is 6.92 Å². The first kappa shape index (κ1) is 23.8. The number of benzene rings is 2. The summed E-state index contributed by atoms with van der Waals surface area (Å²) in [6, 6.07) is 16.1. The molecule has 34 heavy (non-hydrogen) atoms. The summed E-state index contributed by atoms with van der Waals surface area (Å²) in [5.74, 6) is -0.908. The highest BCUT2D eigenvalue weighted by Gasteiger charge is 2.44. The van der Waals surface area contributed by atoms with Crippen LogP contribution in [0.1, 0.15) is 63.0 Å². The lowest BCUT2D eigenvalue weighted by molar-refractivity contribution is -0.139. The van der Waals surface area contributed by atoms with E-state index in [1.165, 1.54) is 11.1 Å². The first-order valence-corrected chi connectivity index (χ1v) is 11.9. The lowest BCUT2D eigenvalue weighted by atomic mass is 9.91. The molecule has 2 unspecified atom stereocenters. The van der Waals surface area contributed by atoms with Crippen LogP contribution in [0.3, 0.4) is 0 Å². The van der Waals surface area contributed by atoms with Crippen molar-refractivity contribution in [1.29, 1.82) is 0 Å². The molecule has 0 bridgehead atoms. The molecule has 2 aliphatic rings. The van der Waals surface area contributed by atoms with E-state index in [-0.39, 0.29) is 43.2 Å². The number of carboxylic acids is 1. The Bertz CT molecular complexity index is 1030. The van der Waals surface area contributed by atoms with Gasteiger partial charge in [-0.25, -0.2) is 4.79 Å². The van der Waals surface area contributed by atoms with Crippen LogP contribution in [0.2, 0.25) is 0 Å². The first-order valence-electron chi connectivity index (χ1n) is 11.9. The molecule has 0 heterocycles. The fourth-order valence-electron chi connectivity index (χ4n) is 4.97. The zero-order valence-corrected chi connectivity index (χ0v) is 19.7. The standard InChI is InChI=1S/C27H32N2O5/c1-17(11-14-24(30)29-27(2,15-25(31)32)18-12-13-18)28-26(33)34-16-23-21-9-5-3-7-19(21)20-8-4-6-10-22(20)23/h3-10,17-18,23H,11-16H2,1-2H3,(H,28,33)(H,29,30)(H,31,32). The molecule has 1 fully saturated rings. The Hall–Kier alpha value is -3.35.